The maximum absolute atomic E-state index is 12.5. The van der Waals surface area contributed by atoms with E-state index in [0.717, 1.165) is 12.1 Å². The third kappa shape index (κ3) is 3.93. The Morgan fingerprint density at radius 3 is 2.50 bits per heavy atom. The van der Waals surface area contributed by atoms with E-state index in [-0.39, 0.29) is 18.4 Å². The Morgan fingerprint density at radius 2 is 1.79 bits per heavy atom. The van der Waals surface area contributed by atoms with Crippen molar-refractivity contribution in [2.75, 3.05) is 19.6 Å². The maximum Gasteiger partial charge on any atom is 0.247 e. The van der Waals surface area contributed by atoms with E-state index in [2.05, 4.69) is 47.1 Å². The summed E-state index contributed by atoms with van der Waals surface area (Å²) in [5.74, 6) is -0.301. The highest BCUT2D eigenvalue weighted by molar-refractivity contribution is 6.08. The van der Waals surface area contributed by atoms with Crippen LogP contribution in [0, 0.1) is 0 Å². The lowest BCUT2D eigenvalue weighted by Gasteiger charge is -2.18. The summed E-state index contributed by atoms with van der Waals surface area (Å²) in [6.45, 7) is 7.92. The zero-order valence-corrected chi connectivity index (χ0v) is 16.7. The quantitative estimate of drug-likeness (QED) is 0.637. The zero-order valence-electron chi connectivity index (χ0n) is 16.7. The lowest BCUT2D eigenvalue weighted by atomic mass is 10.1. The van der Waals surface area contributed by atoms with Gasteiger partial charge in [0.1, 0.15) is 0 Å². The number of likely N-dealkylation sites (N-methyl/N-ethyl adjacent to an activating group) is 2. The van der Waals surface area contributed by atoms with E-state index in [1.165, 1.54) is 26.7 Å². The summed E-state index contributed by atoms with van der Waals surface area (Å²) in [5, 5.41) is 5.12. The molecule has 0 saturated carbocycles. The molecule has 3 rings (SSSR count). The number of hydrogen-bond acceptors (Lipinski definition) is 2. The highest BCUT2D eigenvalue weighted by Crippen LogP contribution is 2.29. The monoisotopic (exact) mass is 377 g/mol. The first-order valence-electron chi connectivity index (χ1n) is 9.83. The van der Waals surface area contributed by atoms with Crippen LogP contribution in [0.4, 0.5) is 0 Å². The number of aryl methyl sites for hydroxylation is 1. The van der Waals surface area contributed by atoms with Crippen molar-refractivity contribution in [2.45, 2.75) is 27.3 Å². The van der Waals surface area contributed by atoms with E-state index < -0.39 is 0 Å². The first kappa shape index (κ1) is 19.7. The van der Waals surface area contributed by atoms with Crippen molar-refractivity contribution in [2.24, 2.45) is 0 Å². The minimum Gasteiger partial charge on any atom is -0.355 e. The van der Waals surface area contributed by atoms with Gasteiger partial charge in [0.25, 0.3) is 0 Å². The molecule has 5 heteroatoms. The molecule has 28 heavy (non-hydrogen) atoms. The summed E-state index contributed by atoms with van der Waals surface area (Å²) < 4.78 is 2.30. The molecular weight excluding hydrogens is 350 g/mol. The van der Waals surface area contributed by atoms with Gasteiger partial charge < -0.3 is 14.8 Å². The third-order valence-electron chi connectivity index (χ3n) is 4.93. The highest BCUT2D eigenvalue weighted by Gasteiger charge is 2.13. The van der Waals surface area contributed by atoms with Gasteiger partial charge in [-0.05, 0) is 50.6 Å². The molecular formula is C23H27N3O2. The number of nitrogens with one attached hydrogen (secondary N) is 1. The van der Waals surface area contributed by atoms with Crippen LogP contribution in [0.25, 0.3) is 27.9 Å². The average molecular weight is 377 g/mol. The van der Waals surface area contributed by atoms with Gasteiger partial charge in [0.2, 0.25) is 11.8 Å². The van der Waals surface area contributed by atoms with Crippen LogP contribution in [-0.2, 0) is 16.1 Å². The molecule has 0 fully saturated rings. The van der Waals surface area contributed by atoms with Crippen molar-refractivity contribution in [1.29, 1.82) is 0 Å². The number of rotatable bonds is 7. The Morgan fingerprint density at radius 1 is 1.04 bits per heavy atom. The fourth-order valence-electron chi connectivity index (χ4n) is 3.56. The Kier molecular flexibility index (Phi) is 6.14. The molecule has 2 aromatic carbocycles. The lowest BCUT2D eigenvalue weighted by molar-refractivity contribution is -0.132. The molecule has 1 heterocycles. The van der Waals surface area contributed by atoms with Gasteiger partial charge in [0, 0.05) is 47.5 Å². The van der Waals surface area contributed by atoms with Gasteiger partial charge in [-0.3, -0.25) is 9.59 Å². The molecule has 2 amide bonds. The normalized spacial score (nSPS) is 11.4. The van der Waals surface area contributed by atoms with E-state index in [0.29, 0.717) is 13.1 Å². The predicted octanol–water partition coefficient (Wildman–Crippen LogP) is 3.81. The fourth-order valence-corrected chi connectivity index (χ4v) is 3.56. The molecule has 0 atom stereocenters. The third-order valence-corrected chi connectivity index (χ3v) is 4.93. The molecule has 0 radical (unpaired) electrons. The van der Waals surface area contributed by atoms with Crippen LogP contribution in [-0.4, -0.2) is 40.9 Å². The maximum atomic E-state index is 12.5. The second kappa shape index (κ2) is 8.74. The lowest BCUT2D eigenvalue weighted by Crippen LogP contribution is -2.39. The van der Waals surface area contributed by atoms with Crippen LogP contribution in [0.1, 0.15) is 26.3 Å². The Bertz CT molecular complexity index is 1030. The SMILES string of the molecule is CCNC(=O)CN(CC)C(=O)/C=C/c1ccc2c(c1)c1ccccc1n2CC. The summed E-state index contributed by atoms with van der Waals surface area (Å²) in [6.07, 6.45) is 3.36. The number of nitrogens with zero attached hydrogens (tertiary/aromatic N) is 2. The molecule has 146 valence electrons. The molecule has 0 aliphatic carbocycles. The molecule has 1 N–H and O–H groups in total. The number of para-hydroxylation sites is 1. The summed E-state index contributed by atoms with van der Waals surface area (Å²) in [5.41, 5.74) is 3.38. The van der Waals surface area contributed by atoms with Crippen LogP contribution in [0.2, 0.25) is 0 Å². The van der Waals surface area contributed by atoms with Crippen molar-refractivity contribution >= 4 is 39.7 Å². The molecule has 0 spiro atoms. The van der Waals surface area contributed by atoms with Crippen molar-refractivity contribution in [3.05, 3.63) is 54.1 Å². The van der Waals surface area contributed by atoms with E-state index in [4.69, 9.17) is 0 Å². The average Bonchev–Trinajstić information content (AvgIpc) is 3.03. The Hall–Kier alpha value is -3.08. The molecule has 0 unspecified atom stereocenters. The molecule has 0 saturated heterocycles. The van der Waals surface area contributed by atoms with Gasteiger partial charge in [0.15, 0.2) is 0 Å². The van der Waals surface area contributed by atoms with E-state index in [1.807, 2.05) is 32.1 Å². The minimum absolute atomic E-state index is 0.0799. The van der Waals surface area contributed by atoms with Gasteiger partial charge in [0.05, 0.1) is 6.54 Å². The van der Waals surface area contributed by atoms with Crippen LogP contribution in [0.5, 0.6) is 0 Å². The Labute approximate surface area is 165 Å². The van der Waals surface area contributed by atoms with E-state index in [1.54, 1.807) is 6.08 Å². The molecule has 1 aromatic heterocycles. The first-order valence-corrected chi connectivity index (χ1v) is 9.83. The Balaban J connectivity index is 1.87. The van der Waals surface area contributed by atoms with Crippen LogP contribution in [0.15, 0.2) is 48.5 Å². The number of fused-ring (bicyclic) bond motifs is 3. The second-order valence-corrected chi connectivity index (χ2v) is 6.68. The summed E-state index contributed by atoms with van der Waals surface area (Å²) in [7, 11) is 0. The number of hydrogen-bond donors (Lipinski definition) is 1. The van der Waals surface area contributed by atoms with Crippen molar-refractivity contribution in [3.63, 3.8) is 0 Å². The predicted molar refractivity (Wildman–Crippen MR) is 115 cm³/mol. The molecule has 0 bridgehead atoms. The van der Waals surface area contributed by atoms with Gasteiger partial charge in [-0.1, -0.05) is 24.3 Å². The largest absolute Gasteiger partial charge is 0.355 e. The van der Waals surface area contributed by atoms with Gasteiger partial charge in [-0.15, -0.1) is 0 Å². The zero-order chi connectivity index (χ0) is 20.1. The smallest absolute Gasteiger partial charge is 0.247 e. The molecule has 3 aromatic rings. The second-order valence-electron chi connectivity index (χ2n) is 6.68. The van der Waals surface area contributed by atoms with Crippen LogP contribution in [0.3, 0.4) is 0 Å². The van der Waals surface area contributed by atoms with E-state index in [9.17, 15) is 9.59 Å². The van der Waals surface area contributed by atoms with Crippen molar-refractivity contribution in [1.82, 2.24) is 14.8 Å². The minimum atomic E-state index is -0.162. The number of benzene rings is 2. The first-order chi connectivity index (χ1) is 13.6. The summed E-state index contributed by atoms with van der Waals surface area (Å²) in [6, 6.07) is 14.6. The van der Waals surface area contributed by atoms with Crippen LogP contribution >= 0.6 is 0 Å². The summed E-state index contributed by atoms with van der Waals surface area (Å²) in [4.78, 5) is 25.8. The molecule has 5 nitrogen and oxygen atoms in total. The van der Waals surface area contributed by atoms with Crippen molar-refractivity contribution < 1.29 is 9.59 Å². The number of carbonyl (C=O) groups is 2. The number of carbonyl (C=O) groups excluding carboxylic acids is 2. The van der Waals surface area contributed by atoms with E-state index >= 15 is 0 Å². The standard InChI is InChI=1S/C23H27N3O2/c1-4-24-22(27)16-25(5-2)23(28)14-12-17-11-13-21-19(15-17)18-9-7-8-10-20(18)26(21)6-3/h7-15H,4-6,16H2,1-3H3,(H,24,27)/b14-12+. The van der Waals surface area contributed by atoms with Gasteiger partial charge in [-0.25, -0.2) is 0 Å². The fraction of sp³-hybridized carbons (Fsp3) is 0.304. The number of aromatic nitrogens is 1. The topological polar surface area (TPSA) is 54.3 Å². The van der Waals surface area contributed by atoms with Crippen LogP contribution < -0.4 is 5.32 Å². The summed E-state index contributed by atoms with van der Waals surface area (Å²) >= 11 is 0. The van der Waals surface area contributed by atoms with Gasteiger partial charge >= 0.3 is 0 Å². The molecule has 0 aliphatic heterocycles. The molecule has 0 aliphatic rings. The van der Waals surface area contributed by atoms with Crippen molar-refractivity contribution in [3.8, 4) is 0 Å². The van der Waals surface area contributed by atoms with Gasteiger partial charge in [-0.2, -0.15) is 0 Å². The number of amides is 2. The highest BCUT2D eigenvalue weighted by atomic mass is 16.2.